The van der Waals surface area contributed by atoms with E-state index in [2.05, 4.69) is 9.97 Å². The van der Waals surface area contributed by atoms with Crippen LogP contribution in [-0.4, -0.2) is 32.4 Å². The number of carbonyl (C=O) groups is 1. The molecule has 0 spiro atoms. The molecule has 0 aliphatic carbocycles. The molecule has 0 fully saturated rings. The molecule has 4 rings (SSSR count). The minimum Gasteiger partial charge on any atom is -0.336 e. The van der Waals surface area contributed by atoms with Gasteiger partial charge in [-0.3, -0.25) is 14.3 Å². The van der Waals surface area contributed by atoms with Crippen molar-refractivity contribution in [2.75, 3.05) is 7.05 Å². The van der Waals surface area contributed by atoms with Gasteiger partial charge < -0.3 is 4.90 Å². The zero-order chi connectivity index (χ0) is 24.2. The topological polar surface area (TPSA) is 51.0 Å². The number of nitrogens with zero attached hydrogens (tertiary/aromatic N) is 4. The van der Waals surface area contributed by atoms with Crippen LogP contribution in [-0.2, 0) is 12.3 Å². The average Bonchev–Trinajstić information content (AvgIpc) is 3.26. The van der Waals surface area contributed by atoms with Crippen LogP contribution in [0.1, 0.15) is 27.2 Å². The van der Waals surface area contributed by atoms with Crippen molar-refractivity contribution < 1.29 is 13.6 Å². The summed E-state index contributed by atoms with van der Waals surface area (Å²) in [7, 11) is 1.69. The summed E-state index contributed by atoms with van der Waals surface area (Å²) in [5.41, 5.74) is 2.66. The lowest BCUT2D eigenvalue weighted by atomic mass is 10.1. The number of hydrogen-bond acceptors (Lipinski definition) is 4. The summed E-state index contributed by atoms with van der Waals surface area (Å²) in [5, 5.41) is 0.785. The van der Waals surface area contributed by atoms with Gasteiger partial charge in [0.15, 0.2) is 5.16 Å². The molecule has 0 aliphatic heterocycles. The maximum Gasteiger partial charge on any atom is 0.272 e. The van der Waals surface area contributed by atoms with E-state index in [1.54, 1.807) is 60.1 Å². The third-order valence-electron chi connectivity index (χ3n) is 5.27. The maximum atomic E-state index is 14.6. The van der Waals surface area contributed by atoms with Gasteiger partial charge in [0.2, 0.25) is 0 Å². The Morgan fingerprint density at radius 1 is 1.09 bits per heavy atom. The summed E-state index contributed by atoms with van der Waals surface area (Å²) in [4.78, 5) is 23.3. The van der Waals surface area contributed by atoms with E-state index >= 15 is 0 Å². The molecule has 2 aromatic carbocycles. The van der Waals surface area contributed by atoms with Crippen molar-refractivity contribution in [1.29, 1.82) is 0 Å². The van der Waals surface area contributed by atoms with Crippen molar-refractivity contribution in [2.24, 2.45) is 0 Å². The van der Waals surface area contributed by atoms with Crippen LogP contribution in [0.4, 0.5) is 8.78 Å². The van der Waals surface area contributed by atoms with Crippen LogP contribution in [0, 0.1) is 18.6 Å². The summed E-state index contributed by atoms with van der Waals surface area (Å²) in [6.07, 6.45) is 4.81. The molecule has 2 heterocycles. The lowest BCUT2D eigenvalue weighted by molar-refractivity contribution is 0.0776. The Labute approximate surface area is 205 Å². The lowest BCUT2D eigenvalue weighted by Crippen LogP contribution is -2.28. The quantitative estimate of drug-likeness (QED) is 0.290. The van der Waals surface area contributed by atoms with Gasteiger partial charge in [-0.25, -0.2) is 13.8 Å². The Balaban J connectivity index is 1.67. The van der Waals surface area contributed by atoms with Gasteiger partial charge in [-0.05, 0) is 60.5 Å². The van der Waals surface area contributed by atoms with Crippen molar-refractivity contribution >= 4 is 29.3 Å². The van der Waals surface area contributed by atoms with E-state index in [0.29, 0.717) is 39.2 Å². The normalized spacial score (nSPS) is 11.0. The van der Waals surface area contributed by atoms with Crippen molar-refractivity contribution in [3.05, 3.63) is 106 Å². The summed E-state index contributed by atoms with van der Waals surface area (Å²) < 4.78 is 29.9. The first kappa shape index (κ1) is 23.9. The van der Waals surface area contributed by atoms with E-state index in [1.807, 2.05) is 12.1 Å². The molecule has 0 bridgehead atoms. The third-order valence-corrected chi connectivity index (χ3v) is 6.61. The first-order valence-corrected chi connectivity index (χ1v) is 11.8. The highest BCUT2D eigenvalue weighted by molar-refractivity contribution is 7.98. The lowest BCUT2D eigenvalue weighted by Gasteiger charge is -2.19. The number of pyridine rings is 1. The largest absolute Gasteiger partial charge is 0.336 e. The third kappa shape index (κ3) is 5.13. The monoisotopic (exact) mass is 498 g/mol. The molecule has 0 N–H and O–H groups in total. The zero-order valence-corrected chi connectivity index (χ0v) is 20.1. The van der Waals surface area contributed by atoms with E-state index in [-0.39, 0.29) is 17.5 Å². The molecule has 0 saturated heterocycles. The fraction of sp³-hybridized carbons (Fsp3) is 0.160. The van der Waals surface area contributed by atoms with Crippen LogP contribution < -0.4 is 0 Å². The number of hydrogen-bond donors (Lipinski definition) is 0. The smallest absolute Gasteiger partial charge is 0.272 e. The molecule has 5 nitrogen and oxygen atoms in total. The van der Waals surface area contributed by atoms with Crippen molar-refractivity contribution in [1.82, 2.24) is 19.4 Å². The Morgan fingerprint density at radius 2 is 1.79 bits per heavy atom. The van der Waals surface area contributed by atoms with E-state index in [1.165, 1.54) is 30.1 Å². The van der Waals surface area contributed by atoms with E-state index in [9.17, 15) is 13.6 Å². The summed E-state index contributed by atoms with van der Waals surface area (Å²) in [6.45, 7) is 2.05. The Morgan fingerprint density at radius 3 is 2.50 bits per heavy atom. The van der Waals surface area contributed by atoms with Gasteiger partial charge in [0.1, 0.15) is 17.3 Å². The van der Waals surface area contributed by atoms with Crippen LogP contribution in [0.2, 0.25) is 5.02 Å². The molecule has 0 aliphatic rings. The van der Waals surface area contributed by atoms with E-state index < -0.39 is 5.82 Å². The number of carbonyl (C=O) groups excluding carboxylic acids is 1. The molecular weight excluding hydrogens is 478 g/mol. The number of halogens is 3. The van der Waals surface area contributed by atoms with Gasteiger partial charge in [-0.2, -0.15) is 0 Å². The SMILES string of the molecule is Cc1ccc(Cl)c(CSc2ncc(C(=O)N(C)Cc3ccncc3)n2-c2ccc(F)cc2)c1F. The first-order chi connectivity index (χ1) is 16.3. The maximum absolute atomic E-state index is 14.6. The molecule has 174 valence electrons. The van der Waals surface area contributed by atoms with Gasteiger partial charge in [0.05, 0.1) is 6.20 Å². The number of rotatable bonds is 7. The molecule has 0 atom stereocenters. The number of aromatic nitrogens is 3. The van der Waals surface area contributed by atoms with Gasteiger partial charge >= 0.3 is 0 Å². The standard InChI is InChI=1S/C25H21ClF2N4OS/c1-16-3-8-21(26)20(23(16)28)15-34-25-30-13-22(32(25)19-6-4-18(27)5-7-19)24(33)31(2)14-17-9-11-29-12-10-17/h3-13H,14-15H2,1-2H3. The summed E-state index contributed by atoms with van der Waals surface area (Å²) in [6, 6.07) is 12.7. The molecular formula is C25H21ClF2N4OS. The van der Waals surface area contributed by atoms with Crippen LogP contribution in [0.3, 0.4) is 0 Å². The Kier molecular flexibility index (Phi) is 7.29. The highest BCUT2D eigenvalue weighted by Crippen LogP contribution is 2.31. The molecule has 2 aromatic heterocycles. The van der Waals surface area contributed by atoms with Crippen LogP contribution in [0.25, 0.3) is 5.69 Å². The average molecular weight is 499 g/mol. The summed E-state index contributed by atoms with van der Waals surface area (Å²) >= 11 is 7.47. The summed E-state index contributed by atoms with van der Waals surface area (Å²) in [5.74, 6) is -0.812. The number of amides is 1. The number of benzene rings is 2. The van der Waals surface area contributed by atoms with Gasteiger partial charge in [0, 0.05) is 48.0 Å². The van der Waals surface area contributed by atoms with Crippen LogP contribution in [0.5, 0.6) is 0 Å². The fourth-order valence-corrected chi connectivity index (χ4v) is 4.75. The van der Waals surface area contributed by atoms with Crippen molar-refractivity contribution in [3.8, 4) is 5.69 Å². The number of thioether (sulfide) groups is 1. The highest BCUT2D eigenvalue weighted by atomic mass is 35.5. The van der Waals surface area contributed by atoms with Gasteiger partial charge in [0.25, 0.3) is 5.91 Å². The first-order valence-electron chi connectivity index (χ1n) is 10.4. The molecule has 0 saturated carbocycles. The highest BCUT2D eigenvalue weighted by Gasteiger charge is 2.22. The van der Waals surface area contributed by atoms with E-state index in [4.69, 9.17) is 11.6 Å². The predicted molar refractivity (Wildman–Crippen MR) is 129 cm³/mol. The fourth-order valence-electron chi connectivity index (χ4n) is 3.44. The second kappa shape index (κ2) is 10.4. The van der Waals surface area contributed by atoms with E-state index in [0.717, 1.165) is 5.56 Å². The Hall–Kier alpha value is -3.23. The van der Waals surface area contributed by atoms with Crippen LogP contribution >= 0.6 is 23.4 Å². The second-order valence-corrected chi connectivity index (χ2v) is 9.05. The molecule has 9 heteroatoms. The number of imidazole rings is 1. The minimum atomic E-state index is -0.394. The molecule has 0 radical (unpaired) electrons. The predicted octanol–water partition coefficient (Wildman–Crippen LogP) is 6.07. The molecule has 4 aromatic rings. The molecule has 0 unspecified atom stereocenters. The second-order valence-electron chi connectivity index (χ2n) is 7.70. The van der Waals surface area contributed by atoms with Gasteiger partial charge in [-0.1, -0.05) is 29.4 Å². The zero-order valence-electron chi connectivity index (χ0n) is 18.5. The van der Waals surface area contributed by atoms with Crippen LogP contribution in [0.15, 0.2) is 72.3 Å². The van der Waals surface area contributed by atoms with Gasteiger partial charge in [-0.15, -0.1) is 0 Å². The van der Waals surface area contributed by atoms with Crippen molar-refractivity contribution in [3.63, 3.8) is 0 Å². The molecule has 1 amide bonds. The molecule has 34 heavy (non-hydrogen) atoms. The van der Waals surface area contributed by atoms with Crippen molar-refractivity contribution in [2.45, 2.75) is 24.4 Å². The minimum absolute atomic E-state index is 0.213. The number of aryl methyl sites for hydroxylation is 1. The Bertz CT molecular complexity index is 1310.